The lowest BCUT2D eigenvalue weighted by Gasteiger charge is -2.32. The normalized spacial score (nSPS) is 16.2. The van der Waals surface area contributed by atoms with Crippen LogP contribution in [-0.4, -0.2) is 0 Å². The van der Waals surface area contributed by atoms with Gasteiger partial charge in [0.2, 0.25) is 0 Å². The van der Waals surface area contributed by atoms with Gasteiger partial charge in [0.25, 0.3) is 0 Å². The number of furan rings is 1. The molecule has 0 spiro atoms. The monoisotopic (exact) mass is 739 g/mol. The molecule has 3 aliphatic carbocycles. The summed E-state index contributed by atoms with van der Waals surface area (Å²) in [6.07, 6.45) is 0. The maximum atomic E-state index is 6.71. The van der Waals surface area contributed by atoms with E-state index in [4.69, 9.17) is 4.42 Å². The fraction of sp³-hybridized carbons (Fsp3) is 0.236. The molecule has 2 nitrogen and oxygen atoms in total. The first-order chi connectivity index (χ1) is 27.2. The van der Waals surface area contributed by atoms with Crippen molar-refractivity contribution in [2.45, 2.75) is 84.0 Å². The Labute approximate surface area is 336 Å². The highest BCUT2D eigenvalue weighted by molar-refractivity contribution is 6.17. The van der Waals surface area contributed by atoms with Gasteiger partial charge < -0.3 is 9.32 Å². The number of hydrogen-bond acceptors (Lipinski definition) is 2. The zero-order valence-electron chi connectivity index (χ0n) is 34.6. The summed E-state index contributed by atoms with van der Waals surface area (Å²) in [5.41, 5.74) is 22.3. The molecule has 0 aliphatic heterocycles. The molecule has 0 atom stereocenters. The maximum absolute atomic E-state index is 6.71. The maximum Gasteiger partial charge on any atom is 0.136 e. The molecule has 1 heterocycles. The molecule has 11 rings (SSSR count). The zero-order valence-corrected chi connectivity index (χ0v) is 34.6. The summed E-state index contributed by atoms with van der Waals surface area (Å²) >= 11 is 0. The number of benzene rings is 7. The van der Waals surface area contributed by atoms with E-state index >= 15 is 0 Å². The molecule has 3 aliphatic rings. The Morgan fingerprint density at radius 1 is 0.439 bits per heavy atom. The summed E-state index contributed by atoms with van der Waals surface area (Å²) in [5.74, 6) is 0. The zero-order chi connectivity index (χ0) is 39.4. The van der Waals surface area contributed by atoms with Gasteiger partial charge in [0.1, 0.15) is 11.2 Å². The van der Waals surface area contributed by atoms with Crippen molar-refractivity contribution in [3.63, 3.8) is 0 Å². The smallest absolute Gasteiger partial charge is 0.136 e. The Morgan fingerprint density at radius 2 is 0.982 bits per heavy atom. The molecule has 0 saturated heterocycles. The molecule has 0 fully saturated rings. The molecule has 0 radical (unpaired) electrons. The number of fused-ring (bicyclic) bond motifs is 13. The molecule has 7 aromatic carbocycles. The second-order valence-corrected chi connectivity index (χ2v) is 19.4. The van der Waals surface area contributed by atoms with Crippen molar-refractivity contribution in [1.29, 1.82) is 0 Å². The molecule has 0 N–H and O–H groups in total. The average molecular weight is 740 g/mol. The predicted octanol–water partition coefficient (Wildman–Crippen LogP) is 15.3. The molecule has 0 bridgehead atoms. The number of anilines is 3. The lowest BCUT2D eigenvalue weighted by atomic mass is 9.82. The molecule has 0 amide bonds. The van der Waals surface area contributed by atoms with Crippen LogP contribution in [0.3, 0.4) is 0 Å². The first kappa shape index (κ1) is 34.4. The Kier molecular flexibility index (Phi) is 6.74. The topological polar surface area (TPSA) is 16.4 Å². The third-order valence-electron chi connectivity index (χ3n) is 14.0. The van der Waals surface area contributed by atoms with Gasteiger partial charge in [-0.15, -0.1) is 0 Å². The minimum Gasteiger partial charge on any atom is -0.456 e. The Hall–Kier alpha value is -5.86. The summed E-state index contributed by atoms with van der Waals surface area (Å²) in [4.78, 5) is 2.60. The van der Waals surface area contributed by atoms with Crippen LogP contribution in [0.25, 0.3) is 55.3 Å². The summed E-state index contributed by atoms with van der Waals surface area (Å²) in [5, 5.41) is 2.40. The van der Waals surface area contributed by atoms with Gasteiger partial charge in [0.15, 0.2) is 0 Å². The first-order valence-corrected chi connectivity index (χ1v) is 20.6. The van der Waals surface area contributed by atoms with Gasteiger partial charge in [0.05, 0.1) is 11.4 Å². The highest BCUT2D eigenvalue weighted by Crippen LogP contribution is 2.60. The average Bonchev–Trinajstić information content (AvgIpc) is 3.84. The Bertz CT molecular complexity index is 3030. The summed E-state index contributed by atoms with van der Waals surface area (Å²) < 4.78 is 6.71. The van der Waals surface area contributed by atoms with E-state index in [1.807, 2.05) is 0 Å². The second-order valence-electron chi connectivity index (χ2n) is 19.4. The van der Waals surface area contributed by atoms with E-state index in [-0.39, 0.29) is 21.7 Å². The summed E-state index contributed by atoms with van der Waals surface area (Å²) in [6.45, 7) is 21.2. The second kappa shape index (κ2) is 11.2. The van der Waals surface area contributed by atoms with Crippen molar-refractivity contribution in [2.75, 3.05) is 4.90 Å². The Morgan fingerprint density at radius 3 is 1.70 bits per heavy atom. The van der Waals surface area contributed by atoms with Crippen molar-refractivity contribution < 1.29 is 4.42 Å². The van der Waals surface area contributed by atoms with Crippen molar-refractivity contribution >= 4 is 39.0 Å². The van der Waals surface area contributed by atoms with E-state index in [2.05, 4.69) is 201 Å². The number of nitrogens with zero attached hydrogens (tertiary/aromatic N) is 1. The molecule has 57 heavy (non-hydrogen) atoms. The van der Waals surface area contributed by atoms with Gasteiger partial charge in [-0.25, -0.2) is 0 Å². The third-order valence-corrected chi connectivity index (χ3v) is 14.0. The number of hydrogen-bond donors (Lipinski definition) is 0. The van der Waals surface area contributed by atoms with Gasteiger partial charge in [-0.3, -0.25) is 0 Å². The lowest BCUT2D eigenvalue weighted by molar-refractivity contribution is 0.590. The Balaban J connectivity index is 1.25. The molecular weight excluding hydrogens is 691 g/mol. The summed E-state index contributed by atoms with van der Waals surface area (Å²) in [7, 11) is 0. The molecule has 2 heteroatoms. The SMILES string of the molecule is CC(C)(C)c1ccc2oc3ccc4c(c3c2c1)-c1c(N(c2ccc3c(c2)C(C)(C)c2ccccc2-3)c2cccc3c2-c2ccccc2C3(C)C)cccc1C4(C)C. The summed E-state index contributed by atoms with van der Waals surface area (Å²) in [6, 6.07) is 50.6. The molecular formula is C55H49NO. The highest BCUT2D eigenvalue weighted by atomic mass is 16.3. The number of rotatable bonds is 3. The molecule has 280 valence electrons. The molecule has 0 unspecified atom stereocenters. The van der Waals surface area contributed by atoms with E-state index in [9.17, 15) is 0 Å². The van der Waals surface area contributed by atoms with Crippen LogP contribution >= 0.6 is 0 Å². The van der Waals surface area contributed by atoms with Crippen LogP contribution in [0.2, 0.25) is 0 Å². The van der Waals surface area contributed by atoms with E-state index in [0.717, 1.165) is 11.2 Å². The van der Waals surface area contributed by atoms with Crippen LogP contribution in [0, 0.1) is 0 Å². The largest absolute Gasteiger partial charge is 0.456 e. The molecule has 8 aromatic rings. The minimum absolute atomic E-state index is 0.00757. The molecule has 1 aromatic heterocycles. The van der Waals surface area contributed by atoms with Crippen LogP contribution in [0.1, 0.15) is 101 Å². The van der Waals surface area contributed by atoms with Crippen molar-refractivity contribution in [1.82, 2.24) is 0 Å². The van der Waals surface area contributed by atoms with Crippen molar-refractivity contribution in [2.24, 2.45) is 0 Å². The van der Waals surface area contributed by atoms with Crippen LogP contribution in [0.15, 0.2) is 138 Å². The highest BCUT2D eigenvalue weighted by Gasteiger charge is 2.43. The van der Waals surface area contributed by atoms with Gasteiger partial charge in [-0.1, -0.05) is 153 Å². The van der Waals surface area contributed by atoms with Crippen LogP contribution in [0.5, 0.6) is 0 Å². The van der Waals surface area contributed by atoms with E-state index in [1.165, 1.54) is 100 Å². The van der Waals surface area contributed by atoms with E-state index in [0.29, 0.717) is 0 Å². The van der Waals surface area contributed by atoms with Gasteiger partial charge in [0, 0.05) is 43.8 Å². The van der Waals surface area contributed by atoms with Crippen LogP contribution < -0.4 is 4.90 Å². The first-order valence-electron chi connectivity index (χ1n) is 20.6. The van der Waals surface area contributed by atoms with Crippen molar-refractivity contribution in [3.8, 4) is 33.4 Å². The van der Waals surface area contributed by atoms with Crippen molar-refractivity contribution in [3.05, 3.63) is 172 Å². The van der Waals surface area contributed by atoms with E-state index in [1.54, 1.807) is 0 Å². The van der Waals surface area contributed by atoms with Gasteiger partial charge >= 0.3 is 0 Å². The predicted molar refractivity (Wildman–Crippen MR) is 240 cm³/mol. The quantitative estimate of drug-likeness (QED) is 0.179. The fourth-order valence-electron chi connectivity index (χ4n) is 10.9. The van der Waals surface area contributed by atoms with E-state index < -0.39 is 0 Å². The third kappa shape index (κ3) is 4.47. The molecule has 0 saturated carbocycles. The van der Waals surface area contributed by atoms with Crippen LogP contribution in [0.4, 0.5) is 17.1 Å². The fourth-order valence-corrected chi connectivity index (χ4v) is 10.9. The van der Waals surface area contributed by atoms with Crippen LogP contribution in [-0.2, 0) is 21.7 Å². The lowest BCUT2D eigenvalue weighted by Crippen LogP contribution is -2.18. The van der Waals surface area contributed by atoms with Gasteiger partial charge in [-0.05, 0) is 109 Å². The standard InChI is InChI=1S/C55H49NO/c1-52(2,3)32-24-28-46-37(30-32)49-47(57-46)29-27-42-51(49)50-41(55(42,8)9)21-15-23-45(50)56(33-25-26-35-34-16-10-12-18-38(34)54(6,7)43(35)31-33)44-22-14-20-40-48(44)36-17-11-13-19-39(36)53(40,4)5/h10-31H,1-9H3. The van der Waals surface area contributed by atoms with Gasteiger partial charge in [-0.2, -0.15) is 0 Å². The minimum atomic E-state index is -0.222.